The van der Waals surface area contributed by atoms with E-state index in [2.05, 4.69) is 41.5 Å². The van der Waals surface area contributed by atoms with E-state index in [0.29, 0.717) is 12.1 Å². The molecule has 2 aromatic carbocycles. The molecule has 1 heterocycles. The maximum atomic E-state index is 12.5. The number of hydrogen-bond donors (Lipinski definition) is 3. The third-order valence-electron chi connectivity index (χ3n) is 6.53. The molecule has 3 N–H and O–H groups in total. The van der Waals surface area contributed by atoms with Crippen LogP contribution in [0.25, 0.3) is 10.8 Å². The first kappa shape index (κ1) is 25.1. The Kier molecular flexibility index (Phi) is 10.1. The van der Waals surface area contributed by atoms with Crippen LogP contribution in [0.15, 0.2) is 47.3 Å². The SMILES string of the molecule is CCCCCCCCCCCCNC(C)n1c(O)c(Cc2ccc3ccccc3c2)[nH]c1=O. The normalized spacial score (nSPS) is 12.4. The number of unbranched alkanes of at least 4 members (excludes halogenated alkanes) is 9. The molecule has 0 bridgehead atoms. The second-order valence-corrected chi connectivity index (χ2v) is 9.27. The molecule has 180 valence electrons. The molecule has 3 rings (SSSR count). The van der Waals surface area contributed by atoms with Crippen LogP contribution in [0.1, 0.15) is 95.5 Å². The zero-order valence-electron chi connectivity index (χ0n) is 20.4. The first-order chi connectivity index (χ1) is 16.1. The summed E-state index contributed by atoms with van der Waals surface area (Å²) in [5.41, 5.74) is 1.35. The fourth-order valence-electron chi connectivity index (χ4n) is 4.54. The topological polar surface area (TPSA) is 70.0 Å². The van der Waals surface area contributed by atoms with Crippen LogP contribution in [0, 0.1) is 0 Å². The predicted octanol–water partition coefficient (Wildman–Crippen LogP) is 6.66. The van der Waals surface area contributed by atoms with Crippen molar-refractivity contribution in [2.24, 2.45) is 0 Å². The van der Waals surface area contributed by atoms with Crippen LogP contribution in [0.2, 0.25) is 0 Å². The number of nitrogens with one attached hydrogen (secondary N) is 2. The summed E-state index contributed by atoms with van der Waals surface area (Å²) in [6.45, 7) is 5.02. The van der Waals surface area contributed by atoms with Crippen LogP contribution in [0.3, 0.4) is 0 Å². The second-order valence-electron chi connectivity index (χ2n) is 9.27. The quantitative estimate of drug-likeness (QED) is 0.226. The average Bonchev–Trinajstić information content (AvgIpc) is 3.09. The maximum Gasteiger partial charge on any atom is 0.329 e. The number of fused-ring (bicyclic) bond motifs is 1. The lowest BCUT2D eigenvalue weighted by atomic mass is 10.0. The molecule has 0 spiro atoms. The fourth-order valence-corrected chi connectivity index (χ4v) is 4.54. The van der Waals surface area contributed by atoms with E-state index in [1.807, 2.05) is 25.1 Å². The number of H-pyrrole nitrogens is 1. The Labute approximate surface area is 198 Å². The number of rotatable bonds is 15. The average molecular weight is 452 g/mol. The molecule has 1 unspecified atom stereocenters. The van der Waals surface area contributed by atoms with E-state index < -0.39 is 0 Å². The first-order valence-corrected chi connectivity index (χ1v) is 12.8. The molecule has 5 nitrogen and oxygen atoms in total. The lowest BCUT2D eigenvalue weighted by Crippen LogP contribution is -2.31. The number of aromatic nitrogens is 2. The summed E-state index contributed by atoms with van der Waals surface area (Å²) in [5.74, 6) is 0.0243. The Morgan fingerprint density at radius 2 is 1.55 bits per heavy atom. The van der Waals surface area contributed by atoms with Crippen molar-refractivity contribution in [3.63, 3.8) is 0 Å². The molecule has 1 aromatic heterocycles. The van der Waals surface area contributed by atoms with Crippen molar-refractivity contribution in [1.29, 1.82) is 0 Å². The molecule has 0 aliphatic carbocycles. The maximum absolute atomic E-state index is 12.5. The molecule has 5 heteroatoms. The Hall–Kier alpha value is -2.53. The van der Waals surface area contributed by atoms with Gasteiger partial charge in [-0.3, -0.25) is 5.32 Å². The summed E-state index contributed by atoms with van der Waals surface area (Å²) >= 11 is 0. The van der Waals surface area contributed by atoms with E-state index in [0.717, 1.165) is 23.9 Å². The van der Waals surface area contributed by atoms with Gasteiger partial charge in [-0.25, -0.2) is 9.36 Å². The third kappa shape index (κ3) is 7.50. The van der Waals surface area contributed by atoms with E-state index in [9.17, 15) is 9.90 Å². The van der Waals surface area contributed by atoms with E-state index in [1.54, 1.807) is 0 Å². The van der Waals surface area contributed by atoms with Gasteiger partial charge in [0, 0.05) is 6.42 Å². The van der Waals surface area contributed by atoms with E-state index in [4.69, 9.17) is 0 Å². The van der Waals surface area contributed by atoms with Crippen molar-refractivity contribution in [2.75, 3.05) is 6.54 Å². The number of benzene rings is 2. The smallest absolute Gasteiger partial charge is 0.329 e. The molecular formula is C28H41N3O2. The van der Waals surface area contributed by atoms with Gasteiger partial charge in [-0.1, -0.05) is 107 Å². The number of imidazole rings is 1. The van der Waals surface area contributed by atoms with Crippen LogP contribution in [0.5, 0.6) is 5.88 Å². The fraction of sp³-hybridized carbons (Fsp3) is 0.536. The number of aromatic hydroxyl groups is 1. The third-order valence-corrected chi connectivity index (χ3v) is 6.53. The standard InChI is InChI=1S/C28H41N3O2/c1-3-4-5-6-7-8-9-10-11-14-19-29-22(2)31-27(32)26(30-28(31)33)21-23-17-18-24-15-12-13-16-25(24)20-23/h12-13,15-18,20,22,29,32H,3-11,14,19,21H2,1-2H3,(H,30,33). The van der Waals surface area contributed by atoms with Crippen molar-refractivity contribution < 1.29 is 5.11 Å². The molecule has 0 saturated heterocycles. The molecule has 0 amide bonds. The van der Waals surface area contributed by atoms with Gasteiger partial charge in [0.1, 0.15) is 0 Å². The van der Waals surface area contributed by atoms with Crippen molar-refractivity contribution in [3.8, 4) is 5.88 Å². The monoisotopic (exact) mass is 451 g/mol. The van der Waals surface area contributed by atoms with Crippen molar-refractivity contribution in [2.45, 2.75) is 90.6 Å². The largest absolute Gasteiger partial charge is 0.493 e. The highest BCUT2D eigenvalue weighted by Gasteiger charge is 2.17. The highest BCUT2D eigenvalue weighted by atomic mass is 16.3. The Morgan fingerprint density at radius 3 is 2.24 bits per heavy atom. The number of nitrogens with zero attached hydrogens (tertiary/aromatic N) is 1. The second kappa shape index (κ2) is 13.2. The van der Waals surface area contributed by atoms with Crippen LogP contribution < -0.4 is 11.0 Å². The zero-order valence-corrected chi connectivity index (χ0v) is 20.4. The van der Waals surface area contributed by atoms with Crippen molar-refractivity contribution in [3.05, 3.63) is 64.2 Å². The molecule has 0 aliphatic rings. The number of aromatic amines is 1. The summed E-state index contributed by atoms with van der Waals surface area (Å²) in [6, 6.07) is 14.4. The van der Waals surface area contributed by atoms with E-state index >= 15 is 0 Å². The lowest BCUT2D eigenvalue weighted by Gasteiger charge is -2.15. The minimum atomic E-state index is -0.272. The molecule has 0 radical (unpaired) electrons. The minimum Gasteiger partial charge on any atom is -0.493 e. The van der Waals surface area contributed by atoms with Crippen molar-refractivity contribution in [1.82, 2.24) is 14.9 Å². The number of hydrogen-bond acceptors (Lipinski definition) is 3. The summed E-state index contributed by atoms with van der Waals surface area (Å²) in [4.78, 5) is 15.4. The summed E-state index contributed by atoms with van der Waals surface area (Å²) in [7, 11) is 0. The molecule has 0 fully saturated rings. The minimum absolute atomic E-state index is 0.0243. The molecule has 0 aliphatic heterocycles. The van der Waals surface area contributed by atoms with Gasteiger partial charge in [-0.2, -0.15) is 0 Å². The Morgan fingerprint density at radius 1 is 0.909 bits per heavy atom. The van der Waals surface area contributed by atoms with Crippen LogP contribution in [0.4, 0.5) is 0 Å². The van der Waals surface area contributed by atoms with Gasteiger partial charge in [-0.05, 0) is 36.2 Å². The molecule has 1 atom stereocenters. The van der Waals surface area contributed by atoms with Gasteiger partial charge < -0.3 is 10.1 Å². The molecule has 3 aromatic rings. The Bertz CT molecular complexity index is 1040. The van der Waals surface area contributed by atoms with Crippen LogP contribution in [-0.2, 0) is 6.42 Å². The van der Waals surface area contributed by atoms with Gasteiger partial charge in [0.05, 0.1) is 11.9 Å². The lowest BCUT2D eigenvalue weighted by molar-refractivity contribution is 0.346. The molecule has 0 saturated carbocycles. The highest BCUT2D eigenvalue weighted by molar-refractivity contribution is 5.83. The zero-order chi connectivity index (χ0) is 23.5. The highest BCUT2D eigenvalue weighted by Crippen LogP contribution is 2.22. The van der Waals surface area contributed by atoms with Gasteiger partial charge >= 0.3 is 5.69 Å². The Balaban J connectivity index is 1.42. The van der Waals surface area contributed by atoms with Gasteiger partial charge in [0.15, 0.2) is 0 Å². The predicted molar refractivity (Wildman–Crippen MR) is 138 cm³/mol. The van der Waals surface area contributed by atoms with E-state index in [-0.39, 0.29) is 17.7 Å². The van der Waals surface area contributed by atoms with Crippen LogP contribution in [-0.4, -0.2) is 21.2 Å². The van der Waals surface area contributed by atoms with Gasteiger partial charge in [-0.15, -0.1) is 0 Å². The van der Waals surface area contributed by atoms with Crippen molar-refractivity contribution >= 4 is 10.8 Å². The molecule has 33 heavy (non-hydrogen) atoms. The first-order valence-electron chi connectivity index (χ1n) is 12.8. The summed E-state index contributed by atoms with van der Waals surface area (Å²) in [6.07, 6.45) is 13.3. The van der Waals surface area contributed by atoms with Gasteiger partial charge in [0.2, 0.25) is 5.88 Å². The van der Waals surface area contributed by atoms with Gasteiger partial charge in [0.25, 0.3) is 0 Å². The summed E-state index contributed by atoms with van der Waals surface area (Å²) in [5, 5.41) is 16.5. The molecular weight excluding hydrogens is 410 g/mol. The van der Waals surface area contributed by atoms with Crippen LogP contribution >= 0.6 is 0 Å². The summed E-state index contributed by atoms with van der Waals surface area (Å²) < 4.78 is 1.42. The van der Waals surface area contributed by atoms with E-state index in [1.165, 1.54) is 67.7 Å².